The number of aliphatic imine (C=N–C) groups is 1. The molecule has 1 saturated heterocycles. The van der Waals surface area contributed by atoms with Gasteiger partial charge in [0.15, 0.2) is 5.96 Å². The zero-order valence-electron chi connectivity index (χ0n) is 21.1. The van der Waals surface area contributed by atoms with Crippen molar-refractivity contribution in [2.75, 3.05) is 19.7 Å². The maximum Gasteiger partial charge on any atom is 0.407 e. The molecule has 198 valence electrons. The number of nitrogens with zero attached hydrogens (tertiary/aromatic N) is 2. The van der Waals surface area contributed by atoms with Gasteiger partial charge in [0.25, 0.3) is 0 Å². The van der Waals surface area contributed by atoms with Gasteiger partial charge in [0.05, 0.1) is 18.2 Å². The lowest BCUT2D eigenvalue weighted by Gasteiger charge is -2.31. The van der Waals surface area contributed by atoms with Crippen molar-refractivity contribution in [1.82, 2.24) is 10.2 Å². The fourth-order valence-electron chi connectivity index (χ4n) is 4.32. The number of amides is 2. The molecule has 2 amide bonds. The molecule has 1 fully saturated rings. The van der Waals surface area contributed by atoms with Gasteiger partial charge in [0.1, 0.15) is 6.04 Å². The van der Waals surface area contributed by atoms with Gasteiger partial charge in [-0.25, -0.2) is 4.79 Å². The van der Waals surface area contributed by atoms with Crippen molar-refractivity contribution >= 4 is 29.5 Å². The maximum atomic E-state index is 13.5. The number of nitrogens with one attached hydrogen (secondary N) is 1. The molecule has 1 aromatic carbocycles. The molecule has 1 heterocycles. The van der Waals surface area contributed by atoms with Gasteiger partial charge in [0.2, 0.25) is 17.5 Å². The number of alkyl carbamates (subject to hydrolysis) is 1. The number of hydrogen-bond donors (Lipinski definition) is 4. The summed E-state index contributed by atoms with van der Waals surface area (Å²) in [5.41, 5.74) is 16.5. The van der Waals surface area contributed by atoms with Crippen molar-refractivity contribution in [3.63, 3.8) is 0 Å². The van der Waals surface area contributed by atoms with Gasteiger partial charge in [-0.3, -0.25) is 19.4 Å². The van der Waals surface area contributed by atoms with E-state index in [2.05, 4.69) is 10.3 Å². The molecular formula is C25H38N6O5. The molecule has 11 heteroatoms. The van der Waals surface area contributed by atoms with Crippen molar-refractivity contribution in [2.45, 2.75) is 70.0 Å². The van der Waals surface area contributed by atoms with Gasteiger partial charge in [-0.2, -0.15) is 0 Å². The first-order valence-corrected chi connectivity index (χ1v) is 12.3. The molecule has 7 N–H and O–H groups in total. The highest BCUT2D eigenvalue weighted by atomic mass is 16.5. The Kier molecular flexibility index (Phi) is 10.8. The summed E-state index contributed by atoms with van der Waals surface area (Å²) in [5.74, 6) is -1.90. The second kappa shape index (κ2) is 13.6. The first kappa shape index (κ1) is 28.8. The molecule has 0 spiro atoms. The molecule has 2 rings (SSSR count). The van der Waals surface area contributed by atoms with Crippen LogP contribution in [-0.4, -0.2) is 71.7 Å². The minimum atomic E-state index is -1.38. The van der Waals surface area contributed by atoms with E-state index < -0.39 is 41.2 Å². The van der Waals surface area contributed by atoms with E-state index in [-0.39, 0.29) is 38.4 Å². The SMILES string of the molecule is CCOC(=O)N[C@@H](Cc1ccccc1)C(=O)N1CCC[C@H]1C(=O)C(=O)[C@](N)(CC)CCCN=C(N)N. The van der Waals surface area contributed by atoms with Crippen molar-refractivity contribution in [1.29, 1.82) is 0 Å². The number of rotatable bonds is 13. The van der Waals surface area contributed by atoms with Crippen LogP contribution in [0.5, 0.6) is 0 Å². The Morgan fingerprint density at radius 1 is 1.19 bits per heavy atom. The van der Waals surface area contributed by atoms with Gasteiger partial charge >= 0.3 is 6.09 Å². The van der Waals surface area contributed by atoms with Crippen molar-refractivity contribution in [3.05, 3.63) is 35.9 Å². The van der Waals surface area contributed by atoms with Crippen LogP contribution in [0.15, 0.2) is 35.3 Å². The second-order valence-electron chi connectivity index (χ2n) is 8.91. The normalized spacial score (nSPS) is 17.5. The molecule has 1 aromatic rings. The van der Waals surface area contributed by atoms with E-state index in [1.807, 2.05) is 30.3 Å². The molecule has 0 bridgehead atoms. The first-order valence-electron chi connectivity index (χ1n) is 12.3. The van der Waals surface area contributed by atoms with Crippen LogP contribution in [-0.2, 0) is 25.5 Å². The molecule has 36 heavy (non-hydrogen) atoms. The molecule has 0 saturated carbocycles. The first-order chi connectivity index (χ1) is 17.1. The van der Waals surface area contributed by atoms with Crippen LogP contribution < -0.4 is 22.5 Å². The van der Waals surface area contributed by atoms with Gasteiger partial charge < -0.3 is 32.2 Å². The van der Waals surface area contributed by atoms with E-state index >= 15 is 0 Å². The molecule has 3 atom stereocenters. The van der Waals surface area contributed by atoms with Crippen LogP contribution in [0, 0.1) is 0 Å². The quantitative estimate of drug-likeness (QED) is 0.131. The number of benzene rings is 1. The number of carbonyl (C=O) groups is 4. The minimum Gasteiger partial charge on any atom is -0.450 e. The van der Waals surface area contributed by atoms with Gasteiger partial charge in [-0.05, 0) is 44.6 Å². The zero-order valence-corrected chi connectivity index (χ0v) is 21.1. The zero-order chi connectivity index (χ0) is 26.7. The van der Waals surface area contributed by atoms with Crippen molar-refractivity contribution in [3.8, 4) is 0 Å². The Morgan fingerprint density at radius 3 is 2.50 bits per heavy atom. The lowest BCUT2D eigenvalue weighted by molar-refractivity contribution is -0.146. The summed E-state index contributed by atoms with van der Waals surface area (Å²) in [7, 11) is 0. The molecule has 0 aromatic heterocycles. The Bertz CT molecular complexity index is 950. The predicted molar refractivity (Wildman–Crippen MR) is 136 cm³/mol. The second-order valence-corrected chi connectivity index (χ2v) is 8.91. The number of likely N-dealkylation sites (tertiary alicyclic amines) is 1. The summed E-state index contributed by atoms with van der Waals surface area (Å²) in [5, 5.41) is 2.61. The van der Waals surface area contributed by atoms with Gasteiger partial charge in [-0.15, -0.1) is 0 Å². The van der Waals surface area contributed by atoms with Gasteiger partial charge in [0, 0.05) is 19.5 Å². The van der Waals surface area contributed by atoms with E-state index in [0.717, 1.165) is 5.56 Å². The van der Waals surface area contributed by atoms with E-state index in [9.17, 15) is 19.2 Å². The number of ether oxygens (including phenoxy) is 1. The molecule has 1 aliphatic rings. The van der Waals surface area contributed by atoms with Gasteiger partial charge in [-0.1, -0.05) is 37.3 Å². The molecule has 0 unspecified atom stereocenters. The third-order valence-corrected chi connectivity index (χ3v) is 6.37. The van der Waals surface area contributed by atoms with Crippen LogP contribution in [0.25, 0.3) is 0 Å². The Labute approximate surface area is 211 Å². The predicted octanol–water partition coefficient (Wildman–Crippen LogP) is 0.634. The van der Waals surface area contributed by atoms with E-state index in [1.54, 1.807) is 13.8 Å². The molecular weight excluding hydrogens is 464 g/mol. The Balaban J connectivity index is 2.19. The van der Waals surface area contributed by atoms with Crippen LogP contribution in [0.2, 0.25) is 0 Å². The van der Waals surface area contributed by atoms with Crippen molar-refractivity contribution < 1.29 is 23.9 Å². The van der Waals surface area contributed by atoms with Crippen LogP contribution in [0.4, 0.5) is 4.79 Å². The average Bonchev–Trinajstić information content (AvgIpc) is 3.35. The fraction of sp³-hybridized carbons (Fsp3) is 0.560. The summed E-state index contributed by atoms with van der Waals surface area (Å²) in [4.78, 5) is 57.5. The summed E-state index contributed by atoms with van der Waals surface area (Å²) in [6, 6.07) is 7.32. The van der Waals surface area contributed by atoms with E-state index in [4.69, 9.17) is 21.9 Å². The van der Waals surface area contributed by atoms with Crippen LogP contribution in [0.3, 0.4) is 0 Å². The smallest absolute Gasteiger partial charge is 0.407 e. The average molecular weight is 503 g/mol. The van der Waals surface area contributed by atoms with Crippen molar-refractivity contribution in [2.24, 2.45) is 22.2 Å². The number of guanidine groups is 1. The molecule has 11 nitrogen and oxygen atoms in total. The highest BCUT2D eigenvalue weighted by Gasteiger charge is 2.45. The van der Waals surface area contributed by atoms with E-state index in [0.29, 0.717) is 25.8 Å². The third kappa shape index (κ3) is 7.77. The molecule has 0 radical (unpaired) electrons. The maximum absolute atomic E-state index is 13.5. The lowest BCUT2D eigenvalue weighted by Crippen LogP contribution is -2.57. The molecule has 1 aliphatic heterocycles. The lowest BCUT2D eigenvalue weighted by atomic mass is 9.83. The van der Waals surface area contributed by atoms with Crippen LogP contribution in [0.1, 0.15) is 51.5 Å². The number of nitrogens with two attached hydrogens (primary N) is 3. The summed E-state index contributed by atoms with van der Waals surface area (Å²) in [6.45, 7) is 4.14. The third-order valence-electron chi connectivity index (χ3n) is 6.37. The largest absolute Gasteiger partial charge is 0.450 e. The van der Waals surface area contributed by atoms with E-state index in [1.165, 1.54) is 4.90 Å². The summed E-state index contributed by atoms with van der Waals surface area (Å²) in [6.07, 6.45) is 1.30. The highest BCUT2D eigenvalue weighted by Crippen LogP contribution is 2.24. The standard InChI is InChI=1S/C25H38N6O5/c1-3-25(28,13-9-14-29-23(26)27)21(33)20(32)19-12-8-15-31(19)22(34)18(30-24(35)36-4-2)16-17-10-6-5-7-11-17/h5-7,10-11,18-19H,3-4,8-9,12-16,28H2,1-2H3,(H,30,35)(H4,26,27,29)/t18-,19-,25-/m0/s1. The number of carbonyl (C=O) groups excluding carboxylic acids is 4. The molecule has 0 aliphatic carbocycles. The van der Waals surface area contributed by atoms with Crippen LogP contribution >= 0.6 is 0 Å². The topological polar surface area (TPSA) is 183 Å². The summed E-state index contributed by atoms with van der Waals surface area (Å²) < 4.78 is 4.97. The monoisotopic (exact) mass is 502 g/mol. The number of Topliss-reactive ketones (excluding diaryl/α,β-unsaturated/α-hetero) is 2. The number of hydrogen-bond acceptors (Lipinski definition) is 7. The minimum absolute atomic E-state index is 0.0573. The summed E-state index contributed by atoms with van der Waals surface area (Å²) >= 11 is 0. The number of ketones is 2. The fourth-order valence-corrected chi connectivity index (χ4v) is 4.32. The highest BCUT2D eigenvalue weighted by molar-refractivity contribution is 6.42. The Hall–Kier alpha value is -3.47. The Morgan fingerprint density at radius 2 is 1.89 bits per heavy atom.